The molecule has 0 radical (unpaired) electrons. The lowest BCUT2D eigenvalue weighted by Gasteiger charge is -2.35. The fourth-order valence-corrected chi connectivity index (χ4v) is 9.23. The maximum Gasteiger partial charge on any atom is 0.408 e. The molecule has 7 rings (SSSR count). The van der Waals surface area contributed by atoms with Crippen LogP contribution in [0.15, 0.2) is 35.8 Å². The van der Waals surface area contributed by atoms with E-state index >= 15 is 0 Å². The smallest absolute Gasteiger partial charge is 0.408 e. The number of methoxy groups -OCH3 is 1. The Labute approximate surface area is 345 Å². The second-order valence-corrected chi connectivity index (χ2v) is 18.6. The molecule has 2 fully saturated rings. The van der Waals surface area contributed by atoms with Gasteiger partial charge in [0.2, 0.25) is 0 Å². The third kappa shape index (κ3) is 9.03. The summed E-state index contributed by atoms with van der Waals surface area (Å²) in [4.78, 5) is 53.5. The number of hydrogen-bond acceptors (Lipinski definition) is 11. The van der Waals surface area contributed by atoms with Crippen LogP contribution < -0.4 is 15.6 Å². The molecule has 3 aliphatic heterocycles. The van der Waals surface area contributed by atoms with Crippen LogP contribution in [0, 0.1) is 5.41 Å². The Bertz CT molecular complexity index is 2150. The SMILES string of the molecule is CCn1c(-c2cc(N3CCCCC3)cnc2[C@H](C)OC)c2c3cc(ccc31)-c1csc(n1)C[C@H](NC(=O)OC(C)(C)C)C(=O)N1CCC[C@H](N1)C(=O)OCC(C)(C)C2. The molecule has 2 saturated heterocycles. The molecule has 58 heavy (non-hydrogen) atoms. The average Bonchev–Trinajstić information content (AvgIpc) is 3.79. The average molecular weight is 814 g/mol. The van der Waals surface area contributed by atoms with Crippen LogP contribution in [-0.2, 0) is 43.2 Å². The molecule has 6 heterocycles. The molecule has 14 heteroatoms. The summed E-state index contributed by atoms with van der Waals surface area (Å²) < 4.78 is 20.0. The minimum atomic E-state index is -0.984. The van der Waals surface area contributed by atoms with E-state index in [1.807, 2.05) is 18.5 Å². The fraction of sp³-hybridized carbons (Fsp3) is 0.568. The summed E-state index contributed by atoms with van der Waals surface area (Å²) in [6.07, 6.45) is 6.47. The van der Waals surface area contributed by atoms with Crippen LogP contribution in [0.1, 0.15) is 103 Å². The molecular formula is C44H59N7O6S. The van der Waals surface area contributed by atoms with Crippen LogP contribution in [0.2, 0.25) is 0 Å². The van der Waals surface area contributed by atoms with Gasteiger partial charge in [0.25, 0.3) is 5.91 Å². The van der Waals surface area contributed by atoms with Crippen molar-refractivity contribution < 1.29 is 28.6 Å². The molecule has 0 aliphatic carbocycles. The van der Waals surface area contributed by atoms with Gasteiger partial charge >= 0.3 is 12.1 Å². The second-order valence-electron chi connectivity index (χ2n) is 17.6. The summed E-state index contributed by atoms with van der Waals surface area (Å²) in [5.74, 6) is -0.789. The van der Waals surface area contributed by atoms with Gasteiger partial charge in [-0.25, -0.2) is 15.2 Å². The Balaban J connectivity index is 1.38. The van der Waals surface area contributed by atoms with E-state index in [0.29, 0.717) is 30.8 Å². The molecule has 312 valence electrons. The first-order valence-electron chi connectivity index (χ1n) is 20.8. The number of fused-ring (bicyclic) bond motifs is 6. The summed E-state index contributed by atoms with van der Waals surface area (Å²) >= 11 is 1.44. The van der Waals surface area contributed by atoms with Gasteiger partial charge in [-0.05, 0) is 96.9 Å². The Morgan fingerprint density at radius 3 is 2.62 bits per heavy atom. The van der Waals surface area contributed by atoms with E-state index < -0.39 is 35.2 Å². The zero-order valence-electron chi connectivity index (χ0n) is 35.3. The number of piperidine rings is 1. The van der Waals surface area contributed by atoms with Crippen LogP contribution in [0.25, 0.3) is 33.4 Å². The molecule has 6 bridgehead atoms. The number of benzene rings is 1. The number of carbonyl (C=O) groups excluding carboxylic acids is 3. The fourth-order valence-electron chi connectivity index (χ4n) is 8.37. The van der Waals surface area contributed by atoms with Gasteiger partial charge in [0.1, 0.15) is 17.7 Å². The molecule has 3 atom stereocenters. The van der Waals surface area contributed by atoms with Crippen molar-refractivity contribution in [3.8, 4) is 22.5 Å². The lowest BCUT2D eigenvalue weighted by atomic mass is 9.84. The van der Waals surface area contributed by atoms with Gasteiger partial charge in [-0.1, -0.05) is 19.9 Å². The predicted octanol–water partition coefficient (Wildman–Crippen LogP) is 7.60. The summed E-state index contributed by atoms with van der Waals surface area (Å²) in [6, 6.07) is 7.09. The number of carbonyl (C=O) groups is 3. The minimum absolute atomic E-state index is 0.148. The molecule has 2 N–H and O–H groups in total. The van der Waals surface area contributed by atoms with E-state index in [1.165, 1.54) is 22.8 Å². The number of aryl methyl sites for hydroxylation is 1. The maximum absolute atomic E-state index is 14.1. The van der Waals surface area contributed by atoms with Crippen LogP contribution in [0.5, 0.6) is 0 Å². The minimum Gasteiger partial charge on any atom is -0.464 e. The first kappa shape index (κ1) is 41.6. The predicted molar refractivity (Wildman–Crippen MR) is 227 cm³/mol. The number of esters is 1. The summed E-state index contributed by atoms with van der Waals surface area (Å²) in [5, 5.41) is 8.02. The van der Waals surface area contributed by atoms with Crippen molar-refractivity contribution in [2.75, 3.05) is 38.3 Å². The number of anilines is 1. The highest BCUT2D eigenvalue weighted by atomic mass is 32.1. The Hall–Kier alpha value is -4.53. The Morgan fingerprint density at radius 1 is 1.12 bits per heavy atom. The van der Waals surface area contributed by atoms with Crippen molar-refractivity contribution in [2.24, 2.45) is 5.41 Å². The van der Waals surface area contributed by atoms with Gasteiger partial charge in [-0.3, -0.25) is 19.6 Å². The van der Waals surface area contributed by atoms with Crippen molar-refractivity contribution in [3.63, 3.8) is 0 Å². The van der Waals surface area contributed by atoms with Gasteiger partial charge in [-0.15, -0.1) is 11.3 Å². The van der Waals surface area contributed by atoms with E-state index in [2.05, 4.69) is 65.2 Å². The van der Waals surface area contributed by atoms with Crippen molar-refractivity contribution in [3.05, 3.63) is 52.1 Å². The van der Waals surface area contributed by atoms with Gasteiger partial charge in [0.15, 0.2) is 0 Å². The number of thiazole rings is 1. The molecule has 1 aromatic carbocycles. The Kier molecular flexibility index (Phi) is 12.2. The maximum atomic E-state index is 14.1. The van der Waals surface area contributed by atoms with Crippen LogP contribution in [0.3, 0.4) is 0 Å². The van der Waals surface area contributed by atoms with Crippen LogP contribution >= 0.6 is 11.3 Å². The third-order valence-corrected chi connectivity index (χ3v) is 12.2. The monoisotopic (exact) mass is 813 g/mol. The zero-order valence-corrected chi connectivity index (χ0v) is 36.1. The molecule has 3 aliphatic rings. The molecule has 0 saturated carbocycles. The largest absolute Gasteiger partial charge is 0.464 e. The number of pyridine rings is 1. The molecular weight excluding hydrogens is 755 g/mol. The molecule has 0 spiro atoms. The zero-order chi connectivity index (χ0) is 41.4. The quantitative estimate of drug-likeness (QED) is 0.187. The van der Waals surface area contributed by atoms with Crippen molar-refractivity contribution in [2.45, 2.75) is 124 Å². The van der Waals surface area contributed by atoms with Crippen LogP contribution in [-0.4, -0.2) is 88.5 Å². The summed E-state index contributed by atoms with van der Waals surface area (Å²) in [7, 11) is 1.72. The van der Waals surface area contributed by atoms with Gasteiger partial charge in [0.05, 0.1) is 46.7 Å². The number of nitrogens with one attached hydrogen (secondary N) is 2. The highest BCUT2D eigenvalue weighted by Gasteiger charge is 2.36. The summed E-state index contributed by atoms with van der Waals surface area (Å²) in [5.41, 5.74) is 9.97. The molecule has 3 aromatic heterocycles. The third-order valence-electron chi connectivity index (χ3n) is 11.3. The number of ether oxygens (including phenoxy) is 3. The second kappa shape index (κ2) is 17.0. The molecule has 13 nitrogen and oxygen atoms in total. The number of rotatable bonds is 6. The van der Waals surface area contributed by atoms with Gasteiger partial charge < -0.3 is 29.0 Å². The number of nitrogens with zero attached hydrogens (tertiary/aromatic N) is 5. The lowest BCUT2D eigenvalue weighted by molar-refractivity contribution is -0.155. The normalized spacial score (nSPS) is 21.0. The number of hydrogen-bond donors (Lipinski definition) is 2. The number of alkyl carbamates (subject to hydrolysis) is 1. The standard InChI is InChI=1S/C44H59N7O6S/c1-9-50-36-16-15-28-20-30(36)32(39(50)31-21-29(49-17-11-10-12-18-49)24-45-38(31)27(2)55-8)23-44(6,7)26-56-41(53)33-14-13-19-51(48-33)40(52)34(22-37-46-35(28)25-58-37)47-42(54)57-43(3,4)5/h15-16,20-21,24-25,27,33-34,48H,9-14,17-19,22-23,26H2,1-8H3,(H,47,54)/t27-,33-,34-/m0/s1. The van der Waals surface area contributed by atoms with E-state index in [9.17, 15) is 14.4 Å². The molecule has 2 amide bonds. The van der Waals surface area contributed by atoms with Gasteiger partial charge in [0, 0.05) is 72.5 Å². The lowest BCUT2D eigenvalue weighted by Crippen LogP contribution is -2.60. The first-order valence-corrected chi connectivity index (χ1v) is 21.6. The van der Waals surface area contributed by atoms with Crippen molar-refractivity contribution >= 4 is 45.9 Å². The number of cyclic esters (lactones) is 1. The van der Waals surface area contributed by atoms with E-state index in [1.54, 1.807) is 27.9 Å². The van der Waals surface area contributed by atoms with E-state index in [0.717, 1.165) is 82.8 Å². The van der Waals surface area contributed by atoms with E-state index in [4.69, 9.17) is 24.2 Å². The van der Waals surface area contributed by atoms with Crippen molar-refractivity contribution in [1.82, 2.24) is 30.3 Å². The Morgan fingerprint density at radius 2 is 1.90 bits per heavy atom. The number of hydrazine groups is 1. The molecule has 0 unspecified atom stereocenters. The van der Waals surface area contributed by atoms with Crippen LogP contribution in [0.4, 0.5) is 10.5 Å². The topological polar surface area (TPSA) is 140 Å². The molecule has 4 aromatic rings. The van der Waals surface area contributed by atoms with Crippen molar-refractivity contribution in [1.29, 1.82) is 0 Å². The highest BCUT2D eigenvalue weighted by molar-refractivity contribution is 7.10. The summed E-state index contributed by atoms with van der Waals surface area (Å²) in [6.45, 7) is 17.1. The number of aromatic nitrogens is 3. The van der Waals surface area contributed by atoms with E-state index in [-0.39, 0.29) is 25.0 Å². The number of amides is 2. The highest BCUT2D eigenvalue weighted by Crippen LogP contribution is 2.43. The first-order chi connectivity index (χ1) is 27.6. The van der Waals surface area contributed by atoms with Gasteiger partial charge in [-0.2, -0.15) is 0 Å².